The Labute approximate surface area is 282 Å². The van der Waals surface area contributed by atoms with E-state index in [1.54, 1.807) is 13.1 Å². The number of rotatable bonds is 11. The fourth-order valence-corrected chi connectivity index (χ4v) is 8.77. The molecule has 4 fully saturated rings. The quantitative estimate of drug-likeness (QED) is 0.219. The number of amides is 2. The van der Waals surface area contributed by atoms with E-state index in [9.17, 15) is 14.4 Å². The number of nitrogens with zero attached hydrogens (tertiary/aromatic N) is 1. The minimum absolute atomic E-state index is 0.0222. The zero-order valence-corrected chi connectivity index (χ0v) is 27.8. The van der Waals surface area contributed by atoms with Crippen LogP contribution in [-0.4, -0.2) is 59.2 Å². The molecule has 8 rings (SSSR count). The number of fused-ring (bicyclic) bond motifs is 1. The van der Waals surface area contributed by atoms with Crippen molar-refractivity contribution in [2.75, 3.05) is 13.7 Å². The highest BCUT2D eigenvalue weighted by molar-refractivity contribution is 5.92. The predicted molar refractivity (Wildman–Crippen MR) is 183 cm³/mol. The molecule has 2 amide bonds. The lowest BCUT2D eigenvalue weighted by Gasteiger charge is -2.53. The van der Waals surface area contributed by atoms with Crippen molar-refractivity contribution >= 4 is 28.9 Å². The standard InChI is InChI=1S/C39H46N4O5/c1-39(21-31-22-40-34-13-7-6-12-33(31)34,42-38(46)48-35-29-16-26-15-27(18-29)19-30(35)17-26)37(45)41-32(20-25-9-4-3-5-10-25)24-47-36(44)28-11-8-14-43(2)23-28/h3-10,12-14,22-23,26-27,29-30,32,35,40H,11,15-21,24H2,1-2H3,(H,41,45)(H,42,46)/t26?,27?,29?,30?,32-,35?,39+/m0/s1. The fraction of sp³-hybridized carbons (Fsp3) is 0.462. The van der Waals surface area contributed by atoms with Gasteiger partial charge in [0, 0.05) is 43.2 Å². The predicted octanol–water partition coefficient (Wildman–Crippen LogP) is 6.02. The van der Waals surface area contributed by atoms with Crippen molar-refractivity contribution in [2.45, 2.75) is 76.0 Å². The lowest BCUT2D eigenvalue weighted by atomic mass is 9.55. The molecule has 0 spiro atoms. The molecular formula is C39H46N4O5. The van der Waals surface area contributed by atoms with Gasteiger partial charge >= 0.3 is 12.1 Å². The number of allylic oxidation sites excluding steroid dienone is 1. The number of hydrogen-bond donors (Lipinski definition) is 3. The van der Waals surface area contributed by atoms with Gasteiger partial charge in [-0.25, -0.2) is 9.59 Å². The minimum Gasteiger partial charge on any atom is -0.460 e. The zero-order valence-electron chi connectivity index (χ0n) is 27.8. The number of hydrogen-bond acceptors (Lipinski definition) is 6. The van der Waals surface area contributed by atoms with Crippen molar-refractivity contribution in [3.05, 3.63) is 96.0 Å². The molecule has 48 heavy (non-hydrogen) atoms. The third kappa shape index (κ3) is 7.00. The first-order valence-corrected chi connectivity index (χ1v) is 17.4. The maximum Gasteiger partial charge on any atom is 0.408 e. The summed E-state index contributed by atoms with van der Waals surface area (Å²) in [7, 11) is 1.86. The Hall–Kier alpha value is -4.53. The molecule has 2 heterocycles. The summed E-state index contributed by atoms with van der Waals surface area (Å²) in [6, 6.07) is 17.2. The number of aromatic nitrogens is 1. The van der Waals surface area contributed by atoms with Crippen LogP contribution in [0.4, 0.5) is 4.79 Å². The molecule has 2 atom stereocenters. The van der Waals surface area contributed by atoms with E-state index in [4.69, 9.17) is 9.47 Å². The molecule has 1 aromatic heterocycles. The first kappa shape index (κ1) is 32.0. The molecule has 0 unspecified atom stereocenters. The molecule has 9 nitrogen and oxygen atoms in total. The summed E-state index contributed by atoms with van der Waals surface area (Å²) >= 11 is 0. The number of benzene rings is 2. The molecule has 0 radical (unpaired) electrons. The lowest BCUT2D eigenvalue weighted by Crippen LogP contribution is -2.61. The number of alkyl carbamates (subject to hydrolysis) is 1. The van der Waals surface area contributed by atoms with Gasteiger partial charge in [0.1, 0.15) is 18.2 Å². The highest BCUT2D eigenvalue weighted by atomic mass is 16.6. The largest absolute Gasteiger partial charge is 0.460 e. The first-order valence-electron chi connectivity index (χ1n) is 17.4. The van der Waals surface area contributed by atoms with E-state index in [0.717, 1.165) is 59.5 Å². The van der Waals surface area contributed by atoms with Gasteiger partial charge in [-0.2, -0.15) is 0 Å². The van der Waals surface area contributed by atoms with E-state index in [0.29, 0.717) is 30.3 Å². The molecule has 0 saturated heterocycles. The lowest BCUT2D eigenvalue weighted by molar-refractivity contribution is -0.141. The summed E-state index contributed by atoms with van der Waals surface area (Å²) < 4.78 is 12.0. The smallest absolute Gasteiger partial charge is 0.408 e. The van der Waals surface area contributed by atoms with Gasteiger partial charge in [-0.15, -0.1) is 0 Å². The molecule has 4 saturated carbocycles. The SMILES string of the molecule is CN1C=CCC(C(=O)OC[C@H](Cc2ccccc2)NC(=O)[C@@](C)(Cc2c[nH]c3ccccc23)NC(=O)OC2C3CC4CC(C3)CC2C4)=C1. The Morgan fingerprint density at radius 2 is 1.69 bits per heavy atom. The van der Waals surface area contributed by atoms with E-state index in [1.807, 2.05) is 85.0 Å². The van der Waals surface area contributed by atoms with Gasteiger partial charge < -0.3 is 30.0 Å². The van der Waals surface area contributed by atoms with Crippen molar-refractivity contribution < 1.29 is 23.9 Å². The Morgan fingerprint density at radius 3 is 2.42 bits per heavy atom. The van der Waals surface area contributed by atoms with Crippen molar-refractivity contribution in [1.29, 1.82) is 0 Å². The normalized spacial score (nSPS) is 26.0. The van der Waals surface area contributed by atoms with Crippen LogP contribution < -0.4 is 10.6 Å². The summed E-state index contributed by atoms with van der Waals surface area (Å²) in [5.41, 5.74) is 2.05. The molecule has 2 aromatic carbocycles. The van der Waals surface area contributed by atoms with Crippen LogP contribution in [0, 0.1) is 23.7 Å². The van der Waals surface area contributed by atoms with E-state index >= 15 is 0 Å². The number of esters is 1. The Kier molecular flexibility index (Phi) is 9.03. The second kappa shape index (κ2) is 13.5. The molecule has 252 valence electrons. The van der Waals surface area contributed by atoms with E-state index in [1.165, 1.54) is 6.42 Å². The maximum atomic E-state index is 14.4. The molecular weight excluding hydrogens is 604 g/mol. The van der Waals surface area contributed by atoms with Gasteiger partial charge in [0.05, 0.1) is 11.6 Å². The third-order valence-corrected chi connectivity index (χ3v) is 10.9. The van der Waals surface area contributed by atoms with Crippen molar-refractivity contribution in [1.82, 2.24) is 20.5 Å². The summed E-state index contributed by atoms with van der Waals surface area (Å²) in [6.45, 7) is 1.73. The second-order valence-corrected chi connectivity index (χ2v) is 14.7. The highest BCUT2D eigenvalue weighted by Gasteiger charge is 2.50. The summed E-state index contributed by atoms with van der Waals surface area (Å²) in [5, 5.41) is 7.17. The Morgan fingerprint density at radius 1 is 0.979 bits per heavy atom. The van der Waals surface area contributed by atoms with Gasteiger partial charge in [-0.05, 0) is 92.5 Å². The van der Waals surface area contributed by atoms with Crippen LogP contribution in [0.1, 0.15) is 56.6 Å². The number of carbonyl (C=O) groups is 3. The molecule has 9 heteroatoms. The molecule has 4 bridgehead atoms. The molecule has 5 aliphatic rings. The van der Waals surface area contributed by atoms with Gasteiger partial charge in [-0.3, -0.25) is 4.79 Å². The Bertz CT molecular complexity index is 1690. The van der Waals surface area contributed by atoms with Crippen molar-refractivity contribution in [3.8, 4) is 0 Å². The summed E-state index contributed by atoms with van der Waals surface area (Å²) in [6.07, 6.45) is 13.8. The second-order valence-electron chi connectivity index (χ2n) is 14.7. The highest BCUT2D eigenvalue weighted by Crippen LogP contribution is 2.54. The van der Waals surface area contributed by atoms with Gasteiger partial charge in [0.15, 0.2) is 0 Å². The van der Waals surface area contributed by atoms with Gasteiger partial charge in [0.2, 0.25) is 5.91 Å². The number of aromatic amines is 1. The van der Waals surface area contributed by atoms with E-state index < -0.39 is 23.6 Å². The fourth-order valence-electron chi connectivity index (χ4n) is 8.77. The molecule has 3 N–H and O–H groups in total. The van der Waals surface area contributed by atoms with E-state index in [-0.39, 0.29) is 25.0 Å². The number of carbonyl (C=O) groups excluding carboxylic acids is 3. The van der Waals surface area contributed by atoms with Crippen LogP contribution in [0.3, 0.4) is 0 Å². The number of H-pyrrole nitrogens is 1. The van der Waals surface area contributed by atoms with Crippen LogP contribution in [0.25, 0.3) is 10.9 Å². The topological polar surface area (TPSA) is 113 Å². The molecule has 3 aromatic rings. The van der Waals surface area contributed by atoms with Crippen molar-refractivity contribution in [3.63, 3.8) is 0 Å². The number of nitrogens with one attached hydrogen (secondary N) is 3. The number of para-hydroxylation sites is 1. The van der Waals surface area contributed by atoms with Crippen LogP contribution >= 0.6 is 0 Å². The van der Waals surface area contributed by atoms with Gasteiger partial charge in [0.25, 0.3) is 0 Å². The zero-order chi connectivity index (χ0) is 33.3. The minimum atomic E-state index is -1.35. The average Bonchev–Trinajstić information content (AvgIpc) is 3.47. The Balaban J connectivity index is 1.10. The molecule has 1 aliphatic heterocycles. The summed E-state index contributed by atoms with van der Waals surface area (Å²) in [4.78, 5) is 46.3. The van der Waals surface area contributed by atoms with Crippen molar-refractivity contribution in [2.24, 2.45) is 23.7 Å². The van der Waals surface area contributed by atoms with Gasteiger partial charge in [-0.1, -0.05) is 54.6 Å². The average molecular weight is 651 g/mol. The maximum absolute atomic E-state index is 14.4. The third-order valence-electron chi connectivity index (χ3n) is 10.9. The van der Waals surface area contributed by atoms with Crippen LogP contribution in [0.2, 0.25) is 0 Å². The van der Waals surface area contributed by atoms with Crippen LogP contribution in [0.15, 0.2) is 84.8 Å². The molecule has 4 aliphatic carbocycles. The monoisotopic (exact) mass is 650 g/mol. The van der Waals surface area contributed by atoms with Crippen LogP contribution in [0.5, 0.6) is 0 Å². The summed E-state index contributed by atoms with van der Waals surface area (Å²) in [5.74, 6) is 1.54. The first-order chi connectivity index (χ1) is 23.2. The number of ether oxygens (including phenoxy) is 2. The van der Waals surface area contributed by atoms with Crippen LogP contribution in [-0.2, 0) is 31.9 Å². The van der Waals surface area contributed by atoms with E-state index in [2.05, 4.69) is 15.6 Å².